The highest BCUT2D eigenvalue weighted by atomic mass is 19.1. The average Bonchev–Trinajstić information content (AvgIpc) is 3.25. The molecular formula is C17H17FN6O3. The molecule has 0 amide bonds. The summed E-state index contributed by atoms with van der Waals surface area (Å²) in [6.45, 7) is 0.106. The number of carbonyl (C=O) groups excluding carboxylic acids is 1. The van der Waals surface area contributed by atoms with Gasteiger partial charge in [-0.3, -0.25) is 0 Å². The molecule has 2 aromatic heterocycles. The van der Waals surface area contributed by atoms with Crippen molar-refractivity contribution in [3.8, 4) is 0 Å². The zero-order valence-electron chi connectivity index (χ0n) is 14.2. The summed E-state index contributed by atoms with van der Waals surface area (Å²) in [5.74, 6) is -0.256. The van der Waals surface area contributed by atoms with Gasteiger partial charge in [-0.25, -0.2) is 23.8 Å². The molecule has 1 aromatic carbocycles. The number of rotatable bonds is 5. The van der Waals surface area contributed by atoms with Crippen LogP contribution >= 0.6 is 0 Å². The Morgan fingerprint density at radius 2 is 2.15 bits per heavy atom. The Morgan fingerprint density at radius 3 is 2.96 bits per heavy atom. The number of benzene rings is 1. The van der Waals surface area contributed by atoms with Gasteiger partial charge in [-0.05, 0) is 12.1 Å². The predicted octanol–water partition coefficient (Wildman–Crippen LogP) is 1.16. The molecule has 4 rings (SSSR count). The van der Waals surface area contributed by atoms with Gasteiger partial charge >= 0.3 is 5.97 Å². The van der Waals surface area contributed by atoms with Crippen LogP contribution in [-0.2, 0) is 16.0 Å². The van der Waals surface area contributed by atoms with Crippen molar-refractivity contribution in [1.82, 2.24) is 25.0 Å². The molecule has 1 fully saturated rings. The van der Waals surface area contributed by atoms with Gasteiger partial charge in [0.25, 0.3) is 0 Å². The molecule has 0 spiro atoms. The third kappa shape index (κ3) is 3.56. The summed E-state index contributed by atoms with van der Waals surface area (Å²) in [5, 5.41) is 7.86. The maximum absolute atomic E-state index is 14.4. The van der Waals surface area contributed by atoms with E-state index in [-0.39, 0.29) is 25.4 Å². The van der Waals surface area contributed by atoms with Crippen molar-refractivity contribution < 1.29 is 18.7 Å². The number of fused-ring (bicyclic) bond motifs is 1. The molecule has 0 unspecified atom stereocenters. The highest BCUT2D eigenvalue weighted by Gasteiger charge is 2.37. The van der Waals surface area contributed by atoms with E-state index in [0.29, 0.717) is 16.7 Å². The van der Waals surface area contributed by atoms with E-state index in [0.717, 1.165) is 0 Å². The molecule has 2 N–H and O–H groups in total. The smallest absolute Gasteiger partial charge is 0.338 e. The Hall–Kier alpha value is -3.14. The van der Waals surface area contributed by atoms with E-state index in [2.05, 4.69) is 20.3 Å². The maximum atomic E-state index is 14.4. The van der Waals surface area contributed by atoms with Crippen LogP contribution < -0.4 is 5.73 Å². The van der Waals surface area contributed by atoms with Crippen LogP contribution in [0.25, 0.3) is 11.2 Å². The van der Waals surface area contributed by atoms with Gasteiger partial charge in [0, 0.05) is 6.42 Å². The number of nitrogen functional groups attached to an aromatic ring is 1. The molecule has 10 heteroatoms. The largest absolute Gasteiger partial charge is 0.459 e. The van der Waals surface area contributed by atoms with Crippen molar-refractivity contribution >= 4 is 23.0 Å². The third-order valence-electron chi connectivity index (χ3n) is 4.35. The summed E-state index contributed by atoms with van der Waals surface area (Å²) in [6.07, 6.45) is -1.05. The molecule has 3 heterocycles. The zero-order chi connectivity index (χ0) is 18.8. The molecule has 1 saturated heterocycles. The predicted molar refractivity (Wildman–Crippen MR) is 92.4 cm³/mol. The summed E-state index contributed by atoms with van der Waals surface area (Å²) in [7, 11) is 0. The number of halogens is 1. The minimum Gasteiger partial charge on any atom is -0.459 e. The first-order valence-electron chi connectivity index (χ1n) is 8.43. The lowest BCUT2D eigenvalue weighted by molar-refractivity contribution is -0.0193. The van der Waals surface area contributed by atoms with E-state index in [9.17, 15) is 9.18 Å². The van der Waals surface area contributed by atoms with Crippen LogP contribution in [0, 0.1) is 0 Å². The van der Waals surface area contributed by atoms with Gasteiger partial charge < -0.3 is 15.2 Å². The van der Waals surface area contributed by atoms with E-state index < -0.39 is 24.3 Å². The first-order chi connectivity index (χ1) is 13.1. The Bertz CT molecular complexity index is 950. The second-order valence-electron chi connectivity index (χ2n) is 6.22. The highest BCUT2D eigenvalue weighted by molar-refractivity contribution is 5.89. The van der Waals surface area contributed by atoms with Crippen molar-refractivity contribution in [2.24, 2.45) is 0 Å². The number of nitrogens with zero attached hydrogens (tertiary/aromatic N) is 5. The molecule has 0 radical (unpaired) electrons. The van der Waals surface area contributed by atoms with Gasteiger partial charge in [-0.15, -0.1) is 5.10 Å². The number of anilines is 1. The normalized spacial score (nSPS) is 22.2. The number of alkyl halides is 1. The van der Waals surface area contributed by atoms with Crippen LogP contribution in [0.5, 0.6) is 0 Å². The van der Waals surface area contributed by atoms with Crippen LogP contribution in [-0.4, -0.2) is 55.9 Å². The highest BCUT2D eigenvalue weighted by Crippen LogP contribution is 2.26. The van der Waals surface area contributed by atoms with Crippen molar-refractivity contribution in [2.45, 2.75) is 31.3 Å². The summed E-state index contributed by atoms with van der Waals surface area (Å²) < 4.78 is 26.7. The van der Waals surface area contributed by atoms with Crippen LogP contribution in [0.2, 0.25) is 0 Å². The number of hydrogen-bond donors (Lipinski definition) is 1. The Labute approximate surface area is 153 Å². The standard InChI is InChI=1S/C17H17FN6O3/c18-12-6-11(8-26-17(25)10-4-2-1-3-5-10)27-13(12)7-24-16-14(22-23-24)15(19)20-9-21-16/h1-5,9,11-13H,6-8H2,(H2,19,20,21)/t11-,12-,13-/m0/s1. The van der Waals surface area contributed by atoms with E-state index >= 15 is 0 Å². The van der Waals surface area contributed by atoms with E-state index in [1.165, 1.54) is 11.0 Å². The van der Waals surface area contributed by atoms with Gasteiger partial charge in [-0.1, -0.05) is 23.4 Å². The fourth-order valence-electron chi connectivity index (χ4n) is 2.98. The molecule has 3 aromatic rings. The molecule has 27 heavy (non-hydrogen) atoms. The Kier molecular flexibility index (Phi) is 4.63. The lowest BCUT2D eigenvalue weighted by atomic mass is 10.1. The minimum absolute atomic E-state index is 0.0160. The van der Waals surface area contributed by atoms with Gasteiger partial charge in [0.2, 0.25) is 0 Å². The van der Waals surface area contributed by atoms with Crippen LogP contribution in [0.3, 0.4) is 0 Å². The molecule has 3 atom stereocenters. The van der Waals surface area contributed by atoms with E-state index in [1.807, 2.05) is 6.07 Å². The molecule has 9 nitrogen and oxygen atoms in total. The quantitative estimate of drug-likeness (QED) is 0.663. The van der Waals surface area contributed by atoms with Crippen molar-refractivity contribution in [1.29, 1.82) is 0 Å². The van der Waals surface area contributed by atoms with Crippen molar-refractivity contribution in [3.05, 3.63) is 42.2 Å². The Morgan fingerprint density at radius 1 is 1.33 bits per heavy atom. The fraction of sp³-hybridized carbons (Fsp3) is 0.353. The van der Waals surface area contributed by atoms with E-state index in [4.69, 9.17) is 15.2 Å². The summed E-state index contributed by atoms with van der Waals surface area (Å²) >= 11 is 0. The SMILES string of the molecule is Nc1ncnc2c1nnn2C[C@@H]1O[C@H](COC(=O)c2ccccc2)C[C@@H]1F. The molecule has 0 bridgehead atoms. The van der Waals surface area contributed by atoms with Gasteiger partial charge in [0.05, 0.1) is 18.2 Å². The summed E-state index contributed by atoms with van der Waals surface area (Å²) in [4.78, 5) is 19.9. The number of nitrogens with two attached hydrogens (primary N) is 1. The molecule has 1 aliphatic heterocycles. The number of aromatic nitrogens is 5. The number of carbonyl (C=O) groups is 1. The third-order valence-corrected chi connectivity index (χ3v) is 4.35. The number of esters is 1. The number of hydrogen-bond acceptors (Lipinski definition) is 8. The van der Waals surface area contributed by atoms with Crippen LogP contribution in [0.15, 0.2) is 36.7 Å². The lowest BCUT2D eigenvalue weighted by Crippen LogP contribution is -2.25. The molecule has 140 valence electrons. The van der Waals surface area contributed by atoms with Gasteiger partial charge in [-0.2, -0.15) is 0 Å². The molecule has 1 aliphatic rings. The molecule has 0 aliphatic carbocycles. The van der Waals surface area contributed by atoms with Crippen LogP contribution in [0.4, 0.5) is 10.2 Å². The fourth-order valence-corrected chi connectivity index (χ4v) is 2.98. The monoisotopic (exact) mass is 372 g/mol. The topological polar surface area (TPSA) is 118 Å². The second kappa shape index (κ2) is 7.23. The summed E-state index contributed by atoms with van der Waals surface area (Å²) in [6, 6.07) is 8.61. The van der Waals surface area contributed by atoms with Crippen LogP contribution in [0.1, 0.15) is 16.8 Å². The second-order valence-corrected chi connectivity index (χ2v) is 6.22. The van der Waals surface area contributed by atoms with Crippen molar-refractivity contribution in [2.75, 3.05) is 12.3 Å². The van der Waals surface area contributed by atoms with Gasteiger partial charge in [0.15, 0.2) is 17.0 Å². The lowest BCUT2D eigenvalue weighted by Gasteiger charge is -2.14. The Balaban J connectivity index is 1.37. The number of ether oxygens (including phenoxy) is 2. The summed E-state index contributed by atoms with van der Waals surface area (Å²) in [5.41, 5.74) is 6.94. The first kappa shape index (κ1) is 17.3. The molecule has 0 saturated carbocycles. The first-order valence-corrected chi connectivity index (χ1v) is 8.43. The van der Waals surface area contributed by atoms with Crippen molar-refractivity contribution in [3.63, 3.8) is 0 Å². The minimum atomic E-state index is -1.22. The van der Waals surface area contributed by atoms with Gasteiger partial charge in [0.1, 0.15) is 25.2 Å². The maximum Gasteiger partial charge on any atom is 0.338 e. The molecular weight excluding hydrogens is 355 g/mol. The zero-order valence-corrected chi connectivity index (χ0v) is 14.2. The average molecular weight is 372 g/mol. The van der Waals surface area contributed by atoms with E-state index in [1.54, 1.807) is 24.3 Å².